The van der Waals surface area contributed by atoms with Crippen molar-refractivity contribution < 1.29 is 89.4 Å². The molecule has 0 aliphatic carbocycles. The number of aliphatic hydroxyl groups is 11. The van der Waals surface area contributed by atoms with Gasteiger partial charge in [0.25, 0.3) is 0 Å². The zero-order valence-electron chi connectivity index (χ0n) is 61.3. The number of amides is 1. The Morgan fingerprint density at radius 1 is 0.357 bits per heavy atom. The molecule has 0 aromatic heterocycles. The standard InChI is InChI=1S/C79H145NO18/c1-3-5-7-9-11-13-15-17-19-21-23-25-26-27-28-29-30-31-32-33-34-35-36-37-39-41-43-45-47-49-51-53-55-57-67(85)80-62(63(84)56-54-52-50-48-46-44-42-40-38-24-22-20-18-16-14-12-10-8-6-4-2)61-93-77-73(91)70(88)75(65(59-82)95-77)98-79-74(92)71(89)76(66(60-83)96-79)97-78-72(90)69(87)68(86)64(58-81)94-78/h21,23,38,40,46,48,54,56,62-66,68-79,81-84,86-92H,3-20,22,24-37,39,41-45,47,49-53,55,57-61H2,1-2H3,(H,80,85)/b23-21-,40-38+,48-46+,56-54+. The SMILES string of the molecule is CCCCCCCCCC/C=C\CCCCCCCCCCCCCCCCCCCCCCCC(=O)NC(COC1OC(CO)C(OC2OC(CO)C(OC3OC(CO)C(O)C(O)C3O)C(O)C2O)C(O)C1O)C(O)/C=C/CC/C=C/CC/C=C/CCCCCCCCCCCC. The van der Waals surface area contributed by atoms with Gasteiger partial charge in [-0.25, -0.2) is 0 Å². The molecule has 3 saturated heterocycles. The Hall–Kier alpha value is -2.25. The Morgan fingerprint density at radius 2 is 0.653 bits per heavy atom. The Bertz CT molecular complexity index is 1960. The van der Waals surface area contributed by atoms with Crippen molar-refractivity contribution in [3.63, 3.8) is 0 Å². The van der Waals surface area contributed by atoms with Crippen LogP contribution in [0.1, 0.15) is 316 Å². The van der Waals surface area contributed by atoms with Crippen molar-refractivity contribution in [2.24, 2.45) is 0 Å². The number of carbonyl (C=O) groups is 1. The smallest absolute Gasteiger partial charge is 0.220 e. The minimum atomic E-state index is -1.98. The number of carbonyl (C=O) groups excluding carboxylic acids is 1. The van der Waals surface area contributed by atoms with Crippen molar-refractivity contribution >= 4 is 5.91 Å². The highest BCUT2D eigenvalue weighted by Gasteiger charge is 2.54. The topological polar surface area (TPSA) is 307 Å². The maximum atomic E-state index is 13.5. The molecule has 0 spiro atoms. The van der Waals surface area contributed by atoms with Crippen LogP contribution >= 0.6 is 0 Å². The number of allylic oxidation sites excluding steroid dienone is 7. The highest BCUT2D eigenvalue weighted by molar-refractivity contribution is 5.76. The van der Waals surface area contributed by atoms with Crippen LogP contribution in [0.15, 0.2) is 48.6 Å². The molecule has 19 nitrogen and oxygen atoms in total. The van der Waals surface area contributed by atoms with Crippen LogP contribution in [0, 0.1) is 0 Å². The molecule has 0 saturated carbocycles. The van der Waals surface area contributed by atoms with Crippen LogP contribution in [-0.2, 0) is 33.2 Å². The number of rotatable bonds is 63. The Morgan fingerprint density at radius 3 is 1.02 bits per heavy atom. The van der Waals surface area contributed by atoms with Gasteiger partial charge in [0.15, 0.2) is 18.9 Å². The van der Waals surface area contributed by atoms with E-state index in [1.165, 1.54) is 238 Å². The molecule has 3 aliphatic rings. The van der Waals surface area contributed by atoms with Crippen molar-refractivity contribution in [1.82, 2.24) is 5.32 Å². The molecule has 17 unspecified atom stereocenters. The van der Waals surface area contributed by atoms with E-state index in [1.54, 1.807) is 6.08 Å². The van der Waals surface area contributed by atoms with Gasteiger partial charge >= 0.3 is 0 Å². The van der Waals surface area contributed by atoms with E-state index >= 15 is 0 Å². The van der Waals surface area contributed by atoms with E-state index in [9.17, 15) is 61.0 Å². The maximum Gasteiger partial charge on any atom is 0.220 e. The van der Waals surface area contributed by atoms with Crippen molar-refractivity contribution in [3.05, 3.63) is 48.6 Å². The highest BCUT2D eigenvalue weighted by Crippen LogP contribution is 2.33. The summed E-state index contributed by atoms with van der Waals surface area (Å²) in [5.41, 5.74) is 0. The summed E-state index contributed by atoms with van der Waals surface area (Å²) in [7, 11) is 0. The second kappa shape index (κ2) is 60.1. The van der Waals surface area contributed by atoms with Crippen LogP contribution in [0.25, 0.3) is 0 Å². The van der Waals surface area contributed by atoms with Gasteiger partial charge in [0.05, 0.1) is 38.6 Å². The first-order chi connectivity index (χ1) is 47.8. The molecular formula is C79H145NO18. The first-order valence-corrected chi connectivity index (χ1v) is 39.9. The lowest BCUT2D eigenvalue weighted by molar-refractivity contribution is -0.379. The van der Waals surface area contributed by atoms with Crippen molar-refractivity contribution in [1.29, 1.82) is 0 Å². The molecule has 0 aromatic rings. The normalized spacial score (nSPS) is 27.0. The number of hydrogen-bond acceptors (Lipinski definition) is 18. The fourth-order valence-electron chi connectivity index (χ4n) is 13.4. The zero-order chi connectivity index (χ0) is 71.1. The van der Waals surface area contributed by atoms with E-state index in [0.29, 0.717) is 12.8 Å². The van der Waals surface area contributed by atoms with Gasteiger partial charge in [-0.2, -0.15) is 0 Å². The summed E-state index contributed by atoms with van der Waals surface area (Å²) in [6, 6.07) is -0.997. The highest BCUT2D eigenvalue weighted by atomic mass is 16.8. The molecule has 3 heterocycles. The minimum Gasteiger partial charge on any atom is -0.394 e. The summed E-state index contributed by atoms with van der Waals surface area (Å²) in [5.74, 6) is -0.285. The predicted molar refractivity (Wildman–Crippen MR) is 388 cm³/mol. The molecule has 0 aromatic carbocycles. The van der Waals surface area contributed by atoms with Crippen LogP contribution in [-0.4, -0.2) is 193 Å². The first-order valence-electron chi connectivity index (χ1n) is 39.9. The minimum absolute atomic E-state index is 0.235. The molecule has 12 N–H and O–H groups in total. The molecule has 3 aliphatic heterocycles. The Balaban J connectivity index is 1.36. The monoisotopic (exact) mass is 1400 g/mol. The van der Waals surface area contributed by atoms with Gasteiger partial charge < -0.3 is 89.9 Å². The van der Waals surface area contributed by atoms with Crippen molar-refractivity contribution in [2.75, 3.05) is 26.4 Å². The van der Waals surface area contributed by atoms with Gasteiger partial charge in [-0.05, 0) is 70.6 Å². The lowest BCUT2D eigenvalue weighted by Gasteiger charge is -2.48. The van der Waals surface area contributed by atoms with Gasteiger partial charge in [-0.1, -0.05) is 287 Å². The van der Waals surface area contributed by atoms with Gasteiger partial charge in [0.1, 0.15) is 73.2 Å². The third-order valence-electron chi connectivity index (χ3n) is 19.8. The lowest BCUT2D eigenvalue weighted by Crippen LogP contribution is -2.66. The number of nitrogens with one attached hydrogen (secondary N) is 1. The lowest BCUT2D eigenvalue weighted by atomic mass is 9.96. The first kappa shape index (κ1) is 90.0. The van der Waals surface area contributed by atoms with Crippen LogP contribution in [0.2, 0.25) is 0 Å². The predicted octanol–water partition coefficient (Wildman–Crippen LogP) is 12.9. The fourth-order valence-corrected chi connectivity index (χ4v) is 13.4. The molecule has 0 radical (unpaired) electrons. The largest absolute Gasteiger partial charge is 0.394 e. The summed E-state index contributed by atoms with van der Waals surface area (Å²) in [5, 5.41) is 121. The second-order valence-corrected chi connectivity index (χ2v) is 28.5. The fraction of sp³-hybridized carbons (Fsp3) is 0.886. The molecular weight excluding hydrogens is 1250 g/mol. The third kappa shape index (κ3) is 40.1. The molecule has 3 fully saturated rings. The summed E-state index contributed by atoms with van der Waals surface area (Å²) < 4.78 is 34.4. The number of hydrogen-bond donors (Lipinski definition) is 12. The Kier molecular flexibility index (Phi) is 55.1. The average molecular weight is 1400 g/mol. The van der Waals surface area contributed by atoms with E-state index in [-0.39, 0.29) is 18.9 Å². The molecule has 0 bridgehead atoms. The van der Waals surface area contributed by atoms with Gasteiger partial charge in [-0.15, -0.1) is 0 Å². The summed E-state index contributed by atoms with van der Waals surface area (Å²) in [4.78, 5) is 13.5. The number of aliphatic hydroxyl groups excluding tert-OH is 11. The van der Waals surface area contributed by atoms with E-state index in [0.717, 1.165) is 44.9 Å². The van der Waals surface area contributed by atoms with Crippen molar-refractivity contribution in [2.45, 2.75) is 420 Å². The van der Waals surface area contributed by atoms with E-state index in [4.69, 9.17) is 28.4 Å². The zero-order valence-corrected chi connectivity index (χ0v) is 61.3. The summed E-state index contributed by atoms with van der Waals surface area (Å²) in [6.07, 6.45) is 48.3. The van der Waals surface area contributed by atoms with Gasteiger partial charge in [0, 0.05) is 6.42 Å². The van der Waals surface area contributed by atoms with Crippen molar-refractivity contribution in [3.8, 4) is 0 Å². The quantitative estimate of drug-likeness (QED) is 0.0199. The van der Waals surface area contributed by atoms with Crippen LogP contribution in [0.4, 0.5) is 0 Å². The Labute approximate surface area is 593 Å². The molecule has 1 amide bonds. The van der Waals surface area contributed by atoms with Crippen LogP contribution in [0.5, 0.6) is 0 Å². The number of ether oxygens (including phenoxy) is 6. The van der Waals surface area contributed by atoms with E-state index in [2.05, 4.69) is 55.6 Å². The summed E-state index contributed by atoms with van der Waals surface area (Å²) >= 11 is 0. The van der Waals surface area contributed by atoms with E-state index < -0.39 is 124 Å². The third-order valence-corrected chi connectivity index (χ3v) is 19.8. The van der Waals surface area contributed by atoms with Gasteiger partial charge in [0.2, 0.25) is 5.91 Å². The molecule has 98 heavy (non-hydrogen) atoms. The average Bonchev–Trinajstić information content (AvgIpc) is 0.782. The molecule has 19 heteroatoms. The van der Waals surface area contributed by atoms with Crippen LogP contribution in [0.3, 0.4) is 0 Å². The molecule has 17 atom stereocenters. The number of unbranched alkanes of at least 4 members (excludes halogenated alkanes) is 41. The van der Waals surface area contributed by atoms with Gasteiger partial charge in [-0.3, -0.25) is 4.79 Å². The molecule has 574 valence electrons. The van der Waals surface area contributed by atoms with Crippen LogP contribution < -0.4 is 5.32 Å². The second-order valence-electron chi connectivity index (χ2n) is 28.5. The van der Waals surface area contributed by atoms with E-state index in [1.807, 2.05) is 6.08 Å². The summed E-state index contributed by atoms with van der Waals surface area (Å²) in [6.45, 7) is 1.74. The molecule has 3 rings (SSSR count). The maximum absolute atomic E-state index is 13.5.